The van der Waals surface area contributed by atoms with E-state index >= 15 is 0 Å². The molecule has 2 unspecified atom stereocenters. The normalized spacial score (nSPS) is 14.7. The van der Waals surface area contributed by atoms with Crippen molar-refractivity contribution < 1.29 is 19.1 Å². The van der Waals surface area contributed by atoms with Crippen LogP contribution in [0.25, 0.3) is 0 Å². The second kappa shape index (κ2) is 11.1. The fraction of sp³-hybridized carbons (Fsp3) is 0.393. The minimum absolute atomic E-state index is 0.0924. The molecule has 0 bridgehead atoms. The third kappa shape index (κ3) is 7.35. The van der Waals surface area contributed by atoms with Crippen LogP contribution < -0.4 is 10.6 Å². The van der Waals surface area contributed by atoms with E-state index in [4.69, 9.17) is 11.2 Å². The summed E-state index contributed by atoms with van der Waals surface area (Å²) in [5, 5.41) is 5.58. The van der Waals surface area contributed by atoms with E-state index in [1.807, 2.05) is 30.3 Å². The van der Waals surface area contributed by atoms with Crippen LogP contribution in [0.15, 0.2) is 54.6 Å². The first-order valence-corrected chi connectivity index (χ1v) is 11.8. The number of carbonyl (C=O) groups is 3. The molecule has 1 saturated carbocycles. The molecule has 1 fully saturated rings. The zero-order chi connectivity index (χ0) is 25.6. The van der Waals surface area contributed by atoms with Crippen LogP contribution in [0.2, 0.25) is 0 Å². The second-order valence-corrected chi connectivity index (χ2v) is 9.72. The van der Waals surface area contributed by atoms with Crippen LogP contribution in [0.3, 0.4) is 0 Å². The Morgan fingerprint density at radius 3 is 2.26 bits per heavy atom. The van der Waals surface area contributed by atoms with Gasteiger partial charge in [-0.15, -0.1) is 6.42 Å². The number of nitrogens with one attached hydrogen (secondary N) is 2. The Hall–Kier alpha value is -3.79. The van der Waals surface area contributed by atoms with Crippen LogP contribution in [-0.4, -0.2) is 40.5 Å². The Bertz CT molecular complexity index is 1080. The van der Waals surface area contributed by atoms with Crippen LogP contribution in [-0.2, 0) is 20.9 Å². The molecule has 35 heavy (non-hydrogen) atoms. The Labute approximate surface area is 207 Å². The topological polar surface area (TPSA) is 87.7 Å². The average molecular weight is 476 g/mol. The highest BCUT2D eigenvalue weighted by atomic mass is 16.6. The molecule has 0 aliphatic heterocycles. The number of hydrogen-bond acceptors (Lipinski definition) is 4. The maximum absolute atomic E-state index is 13.6. The summed E-state index contributed by atoms with van der Waals surface area (Å²) in [6, 6.07) is 14.8. The number of terminal acetylenes is 1. The fourth-order valence-electron chi connectivity index (χ4n) is 3.72. The summed E-state index contributed by atoms with van der Waals surface area (Å²) >= 11 is 0. The quantitative estimate of drug-likeness (QED) is 0.567. The van der Waals surface area contributed by atoms with Crippen molar-refractivity contribution >= 4 is 17.9 Å². The molecule has 0 radical (unpaired) electrons. The smallest absolute Gasteiger partial charge is 0.408 e. The van der Waals surface area contributed by atoms with E-state index in [-0.39, 0.29) is 17.9 Å². The third-order valence-electron chi connectivity index (χ3n) is 5.53. The summed E-state index contributed by atoms with van der Waals surface area (Å²) in [6.45, 7) is 7.19. The van der Waals surface area contributed by atoms with Gasteiger partial charge in [0.25, 0.3) is 0 Å². The summed E-state index contributed by atoms with van der Waals surface area (Å²) < 4.78 is 5.30. The maximum Gasteiger partial charge on any atom is 0.408 e. The first-order chi connectivity index (χ1) is 16.6. The predicted molar refractivity (Wildman–Crippen MR) is 134 cm³/mol. The molecule has 3 amide bonds. The van der Waals surface area contributed by atoms with E-state index in [1.54, 1.807) is 56.9 Å². The molecule has 184 valence electrons. The number of hydrogen-bond donors (Lipinski definition) is 2. The van der Waals surface area contributed by atoms with Gasteiger partial charge in [0, 0.05) is 18.2 Å². The highest BCUT2D eigenvalue weighted by molar-refractivity contribution is 5.92. The Balaban J connectivity index is 1.86. The molecule has 1 aliphatic carbocycles. The SMILES string of the molecule is C#Cc1ccc(C(C(=O)NCc2ccccc2)N(C(=O)C(C)NC(=O)OC(C)(C)C)C2CC2)cc1. The number of amides is 3. The largest absolute Gasteiger partial charge is 0.444 e. The van der Waals surface area contributed by atoms with Crippen molar-refractivity contribution in [3.63, 3.8) is 0 Å². The minimum atomic E-state index is -0.875. The van der Waals surface area contributed by atoms with Crippen LogP contribution in [0.4, 0.5) is 4.79 Å². The van der Waals surface area contributed by atoms with E-state index < -0.39 is 23.8 Å². The van der Waals surface area contributed by atoms with Gasteiger partial charge < -0.3 is 20.3 Å². The highest BCUT2D eigenvalue weighted by Crippen LogP contribution is 2.35. The van der Waals surface area contributed by atoms with Gasteiger partial charge in [-0.1, -0.05) is 48.4 Å². The zero-order valence-electron chi connectivity index (χ0n) is 20.7. The number of alkyl carbamates (subject to hydrolysis) is 1. The summed E-state index contributed by atoms with van der Waals surface area (Å²) in [4.78, 5) is 41.0. The van der Waals surface area contributed by atoms with Crippen molar-refractivity contribution in [2.24, 2.45) is 0 Å². The zero-order valence-corrected chi connectivity index (χ0v) is 20.7. The molecule has 2 aromatic carbocycles. The number of carbonyl (C=O) groups excluding carboxylic acids is 3. The first kappa shape index (κ1) is 25.8. The third-order valence-corrected chi connectivity index (χ3v) is 5.53. The molecule has 1 aliphatic rings. The Morgan fingerprint density at radius 2 is 1.71 bits per heavy atom. The van der Waals surface area contributed by atoms with Crippen LogP contribution in [0, 0.1) is 12.3 Å². The van der Waals surface area contributed by atoms with Gasteiger partial charge in [0.15, 0.2) is 0 Å². The summed E-state index contributed by atoms with van der Waals surface area (Å²) in [7, 11) is 0. The van der Waals surface area contributed by atoms with Gasteiger partial charge in [-0.3, -0.25) is 9.59 Å². The molecule has 0 spiro atoms. The van der Waals surface area contributed by atoms with Crippen molar-refractivity contribution in [1.82, 2.24) is 15.5 Å². The number of benzene rings is 2. The van der Waals surface area contributed by atoms with E-state index in [9.17, 15) is 14.4 Å². The Kier molecular flexibility index (Phi) is 8.18. The van der Waals surface area contributed by atoms with Crippen molar-refractivity contribution in [3.8, 4) is 12.3 Å². The van der Waals surface area contributed by atoms with Crippen LogP contribution in [0.1, 0.15) is 63.3 Å². The molecule has 0 aromatic heterocycles. The van der Waals surface area contributed by atoms with Gasteiger partial charge in [0.05, 0.1) is 0 Å². The summed E-state index contributed by atoms with van der Waals surface area (Å²) in [6.07, 6.45) is 6.39. The lowest BCUT2D eigenvalue weighted by Gasteiger charge is -2.34. The lowest BCUT2D eigenvalue weighted by Crippen LogP contribution is -2.52. The van der Waals surface area contributed by atoms with E-state index in [2.05, 4.69) is 16.6 Å². The molecule has 0 heterocycles. The molecule has 3 rings (SSSR count). The number of ether oxygens (including phenoxy) is 1. The monoisotopic (exact) mass is 475 g/mol. The van der Waals surface area contributed by atoms with Crippen molar-refractivity contribution in [1.29, 1.82) is 0 Å². The summed E-state index contributed by atoms with van der Waals surface area (Å²) in [5.74, 6) is 1.92. The van der Waals surface area contributed by atoms with Gasteiger partial charge in [0.1, 0.15) is 17.7 Å². The number of nitrogens with zero attached hydrogens (tertiary/aromatic N) is 1. The molecular weight excluding hydrogens is 442 g/mol. The molecule has 2 N–H and O–H groups in total. The lowest BCUT2D eigenvalue weighted by molar-refractivity contribution is -0.143. The fourth-order valence-corrected chi connectivity index (χ4v) is 3.72. The van der Waals surface area contributed by atoms with E-state index in [1.165, 1.54) is 0 Å². The maximum atomic E-state index is 13.6. The van der Waals surface area contributed by atoms with Crippen LogP contribution in [0.5, 0.6) is 0 Å². The van der Waals surface area contributed by atoms with Crippen molar-refractivity contribution in [2.45, 2.75) is 70.8 Å². The van der Waals surface area contributed by atoms with Crippen LogP contribution >= 0.6 is 0 Å². The first-order valence-electron chi connectivity index (χ1n) is 11.8. The van der Waals surface area contributed by atoms with Crippen molar-refractivity contribution in [2.75, 3.05) is 0 Å². The number of rotatable bonds is 8. The highest BCUT2D eigenvalue weighted by Gasteiger charge is 2.43. The molecule has 2 aromatic rings. The summed E-state index contributed by atoms with van der Waals surface area (Å²) in [5.41, 5.74) is 1.59. The minimum Gasteiger partial charge on any atom is -0.444 e. The van der Waals surface area contributed by atoms with Gasteiger partial charge in [-0.25, -0.2) is 4.79 Å². The van der Waals surface area contributed by atoms with Gasteiger partial charge in [0.2, 0.25) is 11.8 Å². The molecule has 7 nitrogen and oxygen atoms in total. The van der Waals surface area contributed by atoms with Crippen molar-refractivity contribution in [3.05, 3.63) is 71.3 Å². The predicted octanol–water partition coefficient (Wildman–Crippen LogP) is 3.93. The van der Waals surface area contributed by atoms with Gasteiger partial charge in [-0.05, 0) is 63.8 Å². The lowest BCUT2D eigenvalue weighted by atomic mass is 10.0. The van der Waals surface area contributed by atoms with Gasteiger partial charge >= 0.3 is 6.09 Å². The Morgan fingerprint density at radius 1 is 1.09 bits per heavy atom. The molecule has 0 saturated heterocycles. The molecule has 2 atom stereocenters. The average Bonchev–Trinajstić information content (AvgIpc) is 3.65. The molecule has 7 heteroatoms. The second-order valence-electron chi connectivity index (χ2n) is 9.72. The van der Waals surface area contributed by atoms with E-state index in [0.717, 1.165) is 18.4 Å². The van der Waals surface area contributed by atoms with E-state index in [0.29, 0.717) is 17.7 Å². The van der Waals surface area contributed by atoms with Gasteiger partial charge in [-0.2, -0.15) is 0 Å². The standard InChI is InChI=1S/C28H33N3O4/c1-6-20-12-14-22(15-13-20)24(25(32)29-18-21-10-8-7-9-11-21)31(23-16-17-23)26(33)19(2)30-27(34)35-28(3,4)5/h1,7-15,19,23-24H,16-18H2,2-5H3,(H,29,32)(H,30,34). The molecular formula is C28H33N3O4.